The van der Waals surface area contributed by atoms with Gasteiger partial charge in [-0.1, -0.05) is 29.8 Å². The number of hydrogen-bond donors (Lipinski definition) is 0. The van der Waals surface area contributed by atoms with E-state index in [1.807, 2.05) is 47.1 Å². The molecule has 0 atom stereocenters. The number of unbranched alkanes of at least 4 members (excludes halogenated alkanes) is 1. The molecule has 2 heterocycles. The maximum absolute atomic E-state index is 12.7. The van der Waals surface area contributed by atoms with Crippen molar-refractivity contribution < 1.29 is 9.53 Å². The Labute approximate surface area is 196 Å². The van der Waals surface area contributed by atoms with Gasteiger partial charge >= 0.3 is 6.03 Å². The molecule has 0 aromatic heterocycles. The van der Waals surface area contributed by atoms with Crippen LogP contribution < -0.4 is 14.5 Å². The average Bonchev–Trinajstić information content (AvgIpc) is 3.18. The molecule has 32 heavy (non-hydrogen) atoms. The highest BCUT2D eigenvalue weighted by atomic mass is 35.5. The molecule has 6 nitrogen and oxygen atoms in total. The number of ether oxygens (including phenoxy) is 1. The monoisotopic (exact) mass is 456 g/mol. The average molecular weight is 457 g/mol. The minimum absolute atomic E-state index is 0.0915. The Balaban J connectivity index is 1.17. The van der Waals surface area contributed by atoms with Gasteiger partial charge in [0.25, 0.3) is 0 Å². The molecule has 2 aromatic carbocycles. The van der Waals surface area contributed by atoms with E-state index in [0.29, 0.717) is 11.6 Å². The molecule has 0 saturated carbocycles. The molecule has 0 unspecified atom stereocenters. The van der Waals surface area contributed by atoms with E-state index in [0.717, 1.165) is 76.6 Å². The summed E-state index contributed by atoms with van der Waals surface area (Å²) in [4.78, 5) is 21.5. The molecule has 2 aliphatic heterocycles. The first-order valence-corrected chi connectivity index (χ1v) is 12.0. The van der Waals surface area contributed by atoms with Crippen molar-refractivity contribution in [2.75, 3.05) is 68.8 Å². The van der Waals surface area contributed by atoms with Crippen LogP contribution in [0.1, 0.15) is 19.8 Å². The van der Waals surface area contributed by atoms with Crippen LogP contribution in [0.2, 0.25) is 5.02 Å². The number of carbonyl (C=O) groups excluding carboxylic acids is 1. The van der Waals surface area contributed by atoms with Gasteiger partial charge in [0.15, 0.2) is 0 Å². The number of hydrogen-bond acceptors (Lipinski definition) is 4. The Kier molecular flexibility index (Phi) is 7.76. The lowest BCUT2D eigenvalue weighted by molar-refractivity contribution is 0.216. The number of carbonyl (C=O) groups is 1. The summed E-state index contributed by atoms with van der Waals surface area (Å²) in [5, 5.41) is 0.662. The number of benzene rings is 2. The highest BCUT2D eigenvalue weighted by Crippen LogP contribution is 2.29. The Morgan fingerprint density at radius 1 is 0.906 bits per heavy atom. The largest absolute Gasteiger partial charge is 0.492 e. The van der Waals surface area contributed by atoms with Crippen LogP contribution in [0.3, 0.4) is 0 Å². The van der Waals surface area contributed by atoms with E-state index in [9.17, 15) is 4.79 Å². The van der Waals surface area contributed by atoms with E-state index in [2.05, 4.69) is 28.0 Å². The number of amides is 2. The van der Waals surface area contributed by atoms with Gasteiger partial charge in [-0.2, -0.15) is 0 Å². The molecule has 2 amide bonds. The van der Waals surface area contributed by atoms with Gasteiger partial charge in [0, 0.05) is 56.5 Å². The highest BCUT2D eigenvalue weighted by Gasteiger charge is 2.29. The topological polar surface area (TPSA) is 39.3 Å². The van der Waals surface area contributed by atoms with Crippen molar-refractivity contribution in [2.24, 2.45) is 0 Å². The lowest BCUT2D eigenvalue weighted by Gasteiger charge is -2.36. The lowest BCUT2D eigenvalue weighted by Crippen LogP contribution is -2.46. The first kappa shape index (κ1) is 22.7. The molecule has 2 aliphatic rings. The van der Waals surface area contributed by atoms with Crippen molar-refractivity contribution in [1.29, 1.82) is 0 Å². The van der Waals surface area contributed by atoms with Gasteiger partial charge in [-0.25, -0.2) is 4.79 Å². The zero-order valence-corrected chi connectivity index (χ0v) is 19.6. The number of halogens is 1. The summed E-state index contributed by atoms with van der Waals surface area (Å²) in [5.74, 6) is 0.977. The Bertz CT molecular complexity index is 901. The van der Waals surface area contributed by atoms with Crippen LogP contribution in [0.15, 0.2) is 48.5 Å². The quantitative estimate of drug-likeness (QED) is 0.517. The van der Waals surface area contributed by atoms with Gasteiger partial charge in [0.1, 0.15) is 5.75 Å². The number of para-hydroxylation sites is 2. The third-order valence-corrected chi connectivity index (χ3v) is 6.48. The third-order valence-electron chi connectivity index (χ3n) is 6.25. The summed E-state index contributed by atoms with van der Waals surface area (Å²) < 4.78 is 5.80. The fourth-order valence-corrected chi connectivity index (χ4v) is 4.70. The summed E-state index contributed by atoms with van der Waals surface area (Å²) in [5.41, 5.74) is 2.08. The zero-order valence-electron chi connectivity index (χ0n) is 18.9. The normalized spacial score (nSPS) is 17.3. The third kappa shape index (κ3) is 5.48. The van der Waals surface area contributed by atoms with Crippen molar-refractivity contribution in [3.8, 4) is 5.75 Å². The molecular weight excluding hydrogens is 424 g/mol. The van der Waals surface area contributed by atoms with Crippen molar-refractivity contribution in [1.82, 2.24) is 9.80 Å². The van der Waals surface area contributed by atoms with Gasteiger partial charge < -0.3 is 14.5 Å². The van der Waals surface area contributed by atoms with Gasteiger partial charge in [0.05, 0.1) is 12.3 Å². The Hall–Kier alpha value is -2.44. The molecule has 0 spiro atoms. The molecule has 2 saturated heterocycles. The van der Waals surface area contributed by atoms with E-state index in [1.54, 1.807) is 0 Å². The first-order valence-electron chi connectivity index (χ1n) is 11.7. The maximum Gasteiger partial charge on any atom is 0.324 e. The SMILES string of the molecule is CCOc1ccccc1N1CCN(CCCCN2CCN(c3cccc(Cl)c3)C2=O)CC1. The lowest BCUT2D eigenvalue weighted by atomic mass is 10.2. The maximum atomic E-state index is 12.7. The number of piperazine rings is 1. The number of urea groups is 1. The summed E-state index contributed by atoms with van der Waals surface area (Å²) >= 11 is 6.08. The van der Waals surface area contributed by atoms with Crippen LogP contribution in [0.25, 0.3) is 0 Å². The molecule has 7 heteroatoms. The van der Waals surface area contributed by atoms with Gasteiger partial charge in [0.2, 0.25) is 0 Å². The van der Waals surface area contributed by atoms with Crippen LogP contribution in [-0.2, 0) is 0 Å². The molecule has 0 radical (unpaired) electrons. The fraction of sp³-hybridized carbons (Fsp3) is 0.480. The second-order valence-electron chi connectivity index (χ2n) is 8.34. The fourth-order valence-electron chi connectivity index (χ4n) is 4.52. The Morgan fingerprint density at radius 2 is 1.69 bits per heavy atom. The standard InChI is InChI=1S/C25H33ClN4O2/c1-2-32-24-11-4-3-10-23(24)28-16-14-27(15-17-28)12-5-6-13-29-18-19-30(25(29)31)22-9-7-8-21(26)20-22/h3-4,7-11,20H,2,5-6,12-19H2,1H3. The van der Waals surface area contributed by atoms with Crippen LogP contribution in [0.4, 0.5) is 16.2 Å². The molecular formula is C25H33ClN4O2. The molecule has 2 aromatic rings. The Morgan fingerprint density at radius 3 is 2.47 bits per heavy atom. The molecule has 0 N–H and O–H groups in total. The molecule has 0 aliphatic carbocycles. The second-order valence-corrected chi connectivity index (χ2v) is 8.77. The molecule has 4 rings (SSSR count). The van der Waals surface area contributed by atoms with E-state index in [-0.39, 0.29) is 6.03 Å². The van der Waals surface area contributed by atoms with Gasteiger partial charge in [-0.15, -0.1) is 0 Å². The summed E-state index contributed by atoms with van der Waals surface area (Å²) in [6.45, 7) is 10.3. The minimum atomic E-state index is 0.0915. The van der Waals surface area contributed by atoms with Crippen molar-refractivity contribution >= 4 is 29.0 Å². The highest BCUT2D eigenvalue weighted by molar-refractivity contribution is 6.30. The number of anilines is 2. The van der Waals surface area contributed by atoms with Crippen LogP contribution in [0.5, 0.6) is 5.75 Å². The van der Waals surface area contributed by atoms with Gasteiger partial charge in [-0.05, 0) is 56.6 Å². The molecule has 172 valence electrons. The van der Waals surface area contributed by atoms with Gasteiger partial charge in [-0.3, -0.25) is 9.80 Å². The van der Waals surface area contributed by atoms with Crippen LogP contribution in [0, 0.1) is 0 Å². The second kappa shape index (κ2) is 10.9. The first-order chi connectivity index (χ1) is 15.7. The summed E-state index contributed by atoms with van der Waals surface area (Å²) in [6, 6.07) is 15.9. The van der Waals surface area contributed by atoms with E-state index < -0.39 is 0 Å². The van der Waals surface area contributed by atoms with Crippen molar-refractivity contribution in [3.05, 3.63) is 53.6 Å². The zero-order chi connectivity index (χ0) is 22.3. The molecule has 0 bridgehead atoms. The number of nitrogens with zero attached hydrogens (tertiary/aromatic N) is 4. The summed E-state index contributed by atoms with van der Waals surface area (Å²) in [6.07, 6.45) is 2.14. The number of rotatable bonds is 9. The van der Waals surface area contributed by atoms with Crippen LogP contribution in [-0.4, -0.2) is 74.8 Å². The molecule has 2 fully saturated rings. The predicted octanol–water partition coefficient (Wildman–Crippen LogP) is 4.58. The smallest absolute Gasteiger partial charge is 0.324 e. The predicted molar refractivity (Wildman–Crippen MR) is 131 cm³/mol. The minimum Gasteiger partial charge on any atom is -0.492 e. The summed E-state index contributed by atoms with van der Waals surface area (Å²) in [7, 11) is 0. The van der Waals surface area contributed by atoms with Crippen molar-refractivity contribution in [2.45, 2.75) is 19.8 Å². The van der Waals surface area contributed by atoms with Crippen molar-refractivity contribution in [3.63, 3.8) is 0 Å². The van der Waals surface area contributed by atoms with Crippen LogP contribution >= 0.6 is 11.6 Å². The van der Waals surface area contributed by atoms with E-state index >= 15 is 0 Å². The van der Waals surface area contributed by atoms with E-state index in [4.69, 9.17) is 16.3 Å². The van der Waals surface area contributed by atoms with E-state index in [1.165, 1.54) is 5.69 Å².